The Hall–Kier alpha value is -2.93. The first kappa shape index (κ1) is 18.4. The molecule has 0 aliphatic rings. The minimum Gasteiger partial charge on any atom is -0.326 e. The number of carbonyl (C=O) groups excluding carboxylic acids is 2. The summed E-state index contributed by atoms with van der Waals surface area (Å²) < 4.78 is 0. The molecule has 0 aliphatic carbocycles. The molecule has 2 amide bonds. The molecule has 130 valence electrons. The number of amides is 2. The standard InChI is InChI=1S/C17H16ClN3O4/c1-10(2)16(22)19-12-4-6-13(7-5-12)20-17(23)14-8-3-11(18)9-15(14)21(24)25/h3-10H,1-2H3,(H,19,22)(H,20,23). The molecule has 8 heteroatoms. The number of anilines is 2. The van der Waals surface area contributed by atoms with Crippen molar-refractivity contribution in [3.05, 3.63) is 63.2 Å². The van der Waals surface area contributed by atoms with Crippen LogP contribution >= 0.6 is 11.6 Å². The SMILES string of the molecule is CC(C)C(=O)Nc1ccc(NC(=O)c2ccc(Cl)cc2[N+](=O)[O-])cc1. The number of rotatable bonds is 5. The summed E-state index contributed by atoms with van der Waals surface area (Å²) in [6.45, 7) is 3.56. The molecule has 25 heavy (non-hydrogen) atoms. The summed E-state index contributed by atoms with van der Waals surface area (Å²) in [6, 6.07) is 10.3. The fourth-order valence-corrected chi connectivity index (χ4v) is 2.14. The molecular weight excluding hydrogens is 346 g/mol. The summed E-state index contributed by atoms with van der Waals surface area (Å²) in [4.78, 5) is 34.3. The number of carbonyl (C=O) groups is 2. The Bertz CT molecular complexity index is 819. The first-order valence-electron chi connectivity index (χ1n) is 7.44. The summed E-state index contributed by atoms with van der Waals surface area (Å²) in [5.74, 6) is -0.888. The number of hydrogen-bond acceptors (Lipinski definition) is 4. The monoisotopic (exact) mass is 361 g/mol. The first-order valence-corrected chi connectivity index (χ1v) is 7.82. The van der Waals surface area contributed by atoms with E-state index < -0.39 is 10.8 Å². The molecule has 0 unspecified atom stereocenters. The van der Waals surface area contributed by atoms with Crippen LogP contribution in [0.2, 0.25) is 5.02 Å². The van der Waals surface area contributed by atoms with Crippen LogP contribution in [0.15, 0.2) is 42.5 Å². The number of hydrogen-bond donors (Lipinski definition) is 2. The molecule has 0 heterocycles. The Morgan fingerprint density at radius 2 is 1.60 bits per heavy atom. The van der Waals surface area contributed by atoms with Gasteiger partial charge in [-0.3, -0.25) is 19.7 Å². The molecule has 2 N–H and O–H groups in total. The molecule has 2 aromatic rings. The van der Waals surface area contributed by atoms with Gasteiger partial charge >= 0.3 is 0 Å². The second kappa shape index (κ2) is 7.76. The van der Waals surface area contributed by atoms with Crippen LogP contribution in [-0.4, -0.2) is 16.7 Å². The Morgan fingerprint density at radius 1 is 1.04 bits per heavy atom. The van der Waals surface area contributed by atoms with E-state index in [-0.39, 0.29) is 28.1 Å². The highest BCUT2D eigenvalue weighted by molar-refractivity contribution is 6.31. The third-order valence-electron chi connectivity index (χ3n) is 3.34. The van der Waals surface area contributed by atoms with Crippen molar-refractivity contribution < 1.29 is 14.5 Å². The third-order valence-corrected chi connectivity index (χ3v) is 3.57. The number of benzene rings is 2. The molecular formula is C17H16ClN3O4. The van der Waals surface area contributed by atoms with E-state index in [4.69, 9.17) is 11.6 Å². The van der Waals surface area contributed by atoms with Gasteiger partial charge in [0, 0.05) is 28.4 Å². The molecule has 2 rings (SSSR count). The van der Waals surface area contributed by atoms with Gasteiger partial charge in [0.2, 0.25) is 5.91 Å². The molecule has 0 aromatic heterocycles. The van der Waals surface area contributed by atoms with Crippen LogP contribution in [0.25, 0.3) is 0 Å². The van der Waals surface area contributed by atoms with Gasteiger partial charge in [-0.15, -0.1) is 0 Å². The average molecular weight is 362 g/mol. The van der Waals surface area contributed by atoms with Gasteiger partial charge in [0.1, 0.15) is 5.56 Å². The maximum atomic E-state index is 12.3. The normalized spacial score (nSPS) is 10.4. The van der Waals surface area contributed by atoms with Gasteiger partial charge in [0.25, 0.3) is 11.6 Å². The number of nitrogens with zero attached hydrogens (tertiary/aromatic N) is 1. The van der Waals surface area contributed by atoms with E-state index in [0.29, 0.717) is 11.4 Å². The Kier molecular flexibility index (Phi) is 5.71. The van der Waals surface area contributed by atoms with Crippen LogP contribution in [0, 0.1) is 16.0 Å². The zero-order valence-electron chi connectivity index (χ0n) is 13.6. The van der Waals surface area contributed by atoms with Crippen LogP contribution in [0.4, 0.5) is 17.1 Å². The number of nitro benzene ring substituents is 1. The van der Waals surface area contributed by atoms with Gasteiger partial charge in [-0.05, 0) is 36.4 Å². The molecule has 0 saturated heterocycles. The predicted octanol–water partition coefficient (Wildman–Crippen LogP) is 4.10. The van der Waals surface area contributed by atoms with Gasteiger partial charge in [0.05, 0.1) is 4.92 Å². The fraction of sp³-hybridized carbons (Fsp3) is 0.176. The molecule has 0 aliphatic heterocycles. The van der Waals surface area contributed by atoms with E-state index in [1.165, 1.54) is 12.1 Å². The summed E-state index contributed by atoms with van der Waals surface area (Å²) in [7, 11) is 0. The molecule has 7 nitrogen and oxygen atoms in total. The smallest absolute Gasteiger partial charge is 0.283 e. The van der Waals surface area contributed by atoms with E-state index in [2.05, 4.69) is 10.6 Å². The van der Waals surface area contributed by atoms with Crippen molar-refractivity contribution in [2.75, 3.05) is 10.6 Å². The Balaban J connectivity index is 2.14. The topological polar surface area (TPSA) is 101 Å². The van der Waals surface area contributed by atoms with Crippen LogP contribution in [0.1, 0.15) is 24.2 Å². The molecule has 0 atom stereocenters. The van der Waals surface area contributed by atoms with Crippen LogP contribution in [0.3, 0.4) is 0 Å². The third kappa shape index (κ3) is 4.77. The summed E-state index contributed by atoms with van der Waals surface area (Å²) in [6.07, 6.45) is 0. The number of nitro groups is 1. The van der Waals surface area contributed by atoms with Gasteiger partial charge in [-0.1, -0.05) is 25.4 Å². The number of halogens is 1. The fourth-order valence-electron chi connectivity index (χ4n) is 1.97. The highest BCUT2D eigenvalue weighted by Gasteiger charge is 2.20. The summed E-state index contributed by atoms with van der Waals surface area (Å²) in [5.41, 5.74) is 0.573. The second-order valence-electron chi connectivity index (χ2n) is 5.59. The van der Waals surface area contributed by atoms with E-state index in [1.54, 1.807) is 38.1 Å². The van der Waals surface area contributed by atoms with Crippen LogP contribution in [-0.2, 0) is 4.79 Å². The van der Waals surface area contributed by atoms with Gasteiger partial charge < -0.3 is 10.6 Å². The Labute approximate surface area is 149 Å². The van der Waals surface area contributed by atoms with Crippen molar-refractivity contribution in [2.24, 2.45) is 5.92 Å². The Morgan fingerprint density at radius 3 is 2.12 bits per heavy atom. The molecule has 0 fully saturated rings. The lowest BCUT2D eigenvalue weighted by atomic mass is 10.1. The maximum absolute atomic E-state index is 12.3. The van der Waals surface area contributed by atoms with Gasteiger partial charge in [-0.25, -0.2) is 0 Å². The lowest BCUT2D eigenvalue weighted by Gasteiger charge is -2.09. The van der Waals surface area contributed by atoms with Crippen molar-refractivity contribution in [3.63, 3.8) is 0 Å². The van der Waals surface area contributed by atoms with Crippen molar-refractivity contribution in [2.45, 2.75) is 13.8 Å². The van der Waals surface area contributed by atoms with Gasteiger partial charge in [0.15, 0.2) is 0 Å². The van der Waals surface area contributed by atoms with E-state index in [1.807, 2.05) is 0 Å². The summed E-state index contributed by atoms with van der Waals surface area (Å²) in [5, 5.41) is 16.5. The molecule has 2 aromatic carbocycles. The van der Waals surface area contributed by atoms with Crippen molar-refractivity contribution >= 4 is 40.5 Å². The predicted molar refractivity (Wildman–Crippen MR) is 96.0 cm³/mol. The highest BCUT2D eigenvalue weighted by atomic mass is 35.5. The lowest BCUT2D eigenvalue weighted by molar-refractivity contribution is -0.385. The zero-order valence-corrected chi connectivity index (χ0v) is 14.3. The number of nitrogens with one attached hydrogen (secondary N) is 2. The summed E-state index contributed by atoms with van der Waals surface area (Å²) >= 11 is 5.74. The van der Waals surface area contributed by atoms with Gasteiger partial charge in [-0.2, -0.15) is 0 Å². The zero-order chi connectivity index (χ0) is 18.6. The minimum absolute atomic E-state index is 0.0911. The van der Waals surface area contributed by atoms with Crippen molar-refractivity contribution in [1.29, 1.82) is 0 Å². The van der Waals surface area contributed by atoms with Crippen molar-refractivity contribution in [1.82, 2.24) is 0 Å². The van der Waals surface area contributed by atoms with Crippen LogP contribution < -0.4 is 10.6 Å². The minimum atomic E-state index is -0.661. The average Bonchev–Trinajstić information content (AvgIpc) is 2.56. The van der Waals surface area contributed by atoms with E-state index in [9.17, 15) is 19.7 Å². The molecule has 0 radical (unpaired) electrons. The second-order valence-corrected chi connectivity index (χ2v) is 6.03. The first-order chi connectivity index (χ1) is 11.8. The van der Waals surface area contributed by atoms with E-state index in [0.717, 1.165) is 6.07 Å². The molecule has 0 spiro atoms. The lowest BCUT2D eigenvalue weighted by Crippen LogP contribution is -2.17. The largest absolute Gasteiger partial charge is 0.326 e. The maximum Gasteiger partial charge on any atom is 0.283 e. The highest BCUT2D eigenvalue weighted by Crippen LogP contribution is 2.24. The molecule has 0 bridgehead atoms. The van der Waals surface area contributed by atoms with E-state index >= 15 is 0 Å². The quantitative estimate of drug-likeness (QED) is 0.618. The van der Waals surface area contributed by atoms with Crippen LogP contribution in [0.5, 0.6) is 0 Å². The molecule has 0 saturated carbocycles. The van der Waals surface area contributed by atoms with Crippen molar-refractivity contribution in [3.8, 4) is 0 Å².